The number of aromatic nitrogens is 2. The third-order valence-corrected chi connectivity index (χ3v) is 5.12. The van der Waals surface area contributed by atoms with Crippen LogP contribution in [0.5, 0.6) is 0 Å². The molecule has 0 atom stereocenters. The Morgan fingerprint density at radius 1 is 1.33 bits per heavy atom. The second kappa shape index (κ2) is 5.74. The van der Waals surface area contributed by atoms with Crippen molar-refractivity contribution in [1.29, 1.82) is 0 Å². The fourth-order valence-corrected chi connectivity index (χ4v) is 3.27. The van der Waals surface area contributed by atoms with E-state index in [4.69, 9.17) is 0 Å². The van der Waals surface area contributed by atoms with E-state index in [0.717, 1.165) is 23.3 Å². The van der Waals surface area contributed by atoms with Crippen molar-refractivity contribution in [3.63, 3.8) is 0 Å². The first-order chi connectivity index (χ1) is 8.56. The number of nitrogens with one attached hydrogen (secondary N) is 1. The van der Waals surface area contributed by atoms with Crippen molar-refractivity contribution in [2.45, 2.75) is 71.5 Å². The van der Waals surface area contributed by atoms with E-state index in [-0.39, 0.29) is 0 Å². The Hall–Kier alpha value is -0.350. The van der Waals surface area contributed by atoms with Crippen LogP contribution in [0, 0.1) is 6.92 Å². The van der Waals surface area contributed by atoms with Crippen molar-refractivity contribution in [3.8, 4) is 0 Å². The van der Waals surface area contributed by atoms with E-state index >= 15 is 0 Å². The summed E-state index contributed by atoms with van der Waals surface area (Å²) in [6.07, 6.45) is 6.70. The third kappa shape index (κ3) is 2.97. The Labute approximate surface area is 118 Å². The fraction of sp³-hybridized carbons (Fsp3) is 0.786. The minimum absolute atomic E-state index is 0.314. The molecule has 0 radical (unpaired) electrons. The minimum atomic E-state index is 0.314. The zero-order valence-electron chi connectivity index (χ0n) is 11.7. The van der Waals surface area contributed by atoms with Crippen LogP contribution in [-0.2, 0) is 13.1 Å². The van der Waals surface area contributed by atoms with Gasteiger partial charge in [0.05, 0.1) is 15.9 Å². The molecule has 18 heavy (non-hydrogen) atoms. The highest BCUT2D eigenvalue weighted by Gasteiger charge is 2.26. The average molecular weight is 314 g/mol. The highest BCUT2D eigenvalue weighted by Crippen LogP contribution is 2.29. The quantitative estimate of drug-likeness (QED) is 0.916. The third-order valence-electron chi connectivity index (χ3n) is 4.09. The highest BCUT2D eigenvalue weighted by molar-refractivity contribution is 9.10. The average Bonchev–Trinajstić information content (AvgIpc) is 2.64. The molecule has 2 rings (SSSR count). The van der Waals surface area contributed by atoms with Crippen molar-refractivity contribution in [1.82, 2.24) is 15.1 Å². The van der Waals surface area contributed by atoms with Crippen LogP contribution in [0.4, 0.5) is 0 Å². The lowest BCUT2D eigenvalue weighted by Gasteiger charge is -2.34. The maximum atomic E-state index is 4.54. The van der Waals surface area contributed by atoms with Gasteiger partial charge in [-0.2, -0.15) is 5.10 Å². The second-order valence-corrected chi connectivity index (χ2v) is 6.43. The van der Waals surface area contributed by atoms with Crippen molar-refractivity contribution < 1.29 is 0 Å². The molecule has 1 aliphatic rings. The Morgan fingerprint density at radius 3 is 2.61 bits per heavy atom. The van der Waals surface area contributed by atoms with Gasteiger partial charge in [-0.1, -0.05) is 19.3 Å². The largest absolute Gasteiger partial charge is 0.306 e. The SMILES string of the molecule is CCn1nc(C)c(Br)c1CNC1(C)CCCCC1. The number of halogens is 1. The molecule has 1 aromatic rings. The smallest absolute Gasteiger partial charge is 0.0739 e. The maximum absolute atomic E-state index is 4.54. The van der Waals surface area contributed by atoms with E-state index in [0.29, 0.717) is 5.54 Å². The van der Waals surface area contributed by atoms with Crippen LogP contribution in [0.1, 0.15) is 57.3 Å². The molecule has 1 saturated carbocycles. The van der Waals surface area contributed by atoms with Crippen LogP contribution in [-0.4, -0.2) is 15.3 Å². The molecule has 102 valence electrons. The van der Waals surface area contributed by atoms with Gasteiger partial charge in [0.15, 0.2) is 0 Å². The lowest BCUT2D eigenvalue weighted by molar-refractivity contribution is 0.250. The van der Waals surface area contributed by atoms with Gasteiger partial charge in [-0.05, 0) is 49.5 Å². The highest BCUT2D eigenvalue weighted by atomic mass is 79.9. The molecular formula is C14H24BrN3. The summed E-state index contributed by atoms with van der Waals surface area (Å²) in [5.74, 6) is 0. The molecule has 0 spiro atoms. The summed E-state index contributed by atoms with van der Waals surface area (Å²) in [4.78, 5) is 0. The number of hydrogen-bond acceptors (Lipinski definition) is 2. The van der Waals surface area contributed by atoms with Gasteiger partial charge in [-0.25, -0.2) is 0 Å². The number of nitrogens with zero attached hydrogens (tertiary/aromatic N) is 2. The van der Waals surface area contributed by atoms with Crippen LogP contribution in [0.3, 0.4) is 0 Å². The molecular weight excluding hydrogens is 290 g/mol. The molecule has 3 nitrogen and oxygen atoms in total. The first-order valence-corrected chi connectivity index (χ1v) is 7.82. The molecule has 1 aliphatic carbocycles. The predicted molar refractivity (Wildman–Crippen MR) is 78.7 cm³/mol. The van der Waals surface area contributed by atoms with Gasteiger partial charge in [-0.15, -0.1) is 0 Å². The first kappa shape index (κ1) is 14.1. The molecule has 0 bridgehead atoms. The lowest BCUT2D eigenvalue weighted by atomic mass is 9.83. The van der Waals surface area contributed by atoms with E-state index in [1.807, 2.05) is 0 Å². The fourth-order valence-electron chi connectivity index (χ4n) is 2.84. The van der Waals surface area contributed by atoms with Gasteiger partial charge in [0.25, 0.3) is 0 Å². The van der Waals surface area contributed by atoms with E-state index in [1.165, 1.54) is 37.8 Å². The molecule has 1 N–H and O–H groups in total. The first-order valence-electron chi connectivity index (χ1n) is 7.02. The van der Waals surface area contributed by atoms with Gasteiger partial charge in [0, 0.05) is 18.6 Å². The van der Waals surface area contributed by atoms with Crippen LogP contribution in [0.25, 0.3) is 0 Å². The van der Waals surface area contributed by atoms with Gasteiger partial charge in [-0.3, -0.25) is 4.68 Å². The van der Waals surface area contributed by atoms with Crippen molar-refractivity contribution >= 4 is 15.9 Å². The molecule has 0 saturated heterocycles. The van der Waals surface area contributed by atoms with Gasteiger partial charge < -0.3 is 5.32 Å². The molecule has 1 fully saturated rings. The molecule has 1 aromatic heterocycles. The molecule has 1 heterocycles. The van der Waals surface area contributed by atoms with Gasteiger partial charge >= 0.3 is 0 Å². The Kier molecular flexibility index (Phi) is 4.49. The predicted octanol–water partition coefficient (Wildman–Crippen LogP) is 3.79. The number of rotatable bonds is 4. The minimum Gasteiger partial charge on any atom is -0.306 e. The summed E-state index contributed by atoms with van der Waals surface area (Å²) in [5.41, 5.74) is 2.68. The van der Waals surface area contributed by atoms with E-state index in [2.05, 4.69) is 51.8 Å². The zero-order chi connectivity index (χ0) is 13.2. The summed E-state index contributed by atoms with van der Waals surface area (Å²) < 4.78 is 3.26. The normalized spacial score (nSPS) is 19.1. The summed E-state index contributed by atoms with van der Waals surface area (Å²) in [7, 11) is 0. The molecule has 0 aromatic carbocycles. The van der Waals surface area contributed by atoms with Gasteiger partial charge in [0.1, 0.15) is 0 Å². The summed E-state index contributed by atoms with van der Waals surface area (Å²) >= 11 is 3.66. The number of hydrogen-bond donors (Lipinski definition) is 1. The zero-order valence-corrected chi connectivity index (χ0v) is 13.3. The Morgan fingerprint density at radius 2 is 2.00 bits per heavy atom. The Balaban J connectivity index is 2.05. The second-order valence-electron chi connectivity index (χ2n) is 5.64. The van der Waals surface area contributed by atoms with Crippen LogP contribution >= 0.6 is 15.9 Å². The van der Waals surface area contributed by atoms with Crippen LogP contribution < -0.4 is 5.32 Å². The van der Waals surface area contributed by atoms with E-state index in [9.17, 15) is 0 Å². The van der Waals surface area contributed by atoms with Crippen molar-refractivity contribution in [2.24, 2.45) is 0 Å². The summed E-state index contributed by atoms with van der Waals surface area (Å²) in [6.45, 7) is 8.40. The molecule has 0 aliphatic heterocycles. The molecule has 0 amide bonds. The maximum Gasteiger partial charge on any atom is 0.0739 e. The van der Waals surface area contributed by atoms with E-state index in [1.54, 1.807) is 0 Å². The topological polar surface area (TPSA) is 29.9 Å². The standard InChI is InChI=1S/C14H24BrN3/c1-4-18-12(13(15)11(2)17-18)10-16-14(3)8-6-5-7-9-14/h16H,4-10H2,1-3H3. The molecule has 4 heteroatoms. The van der Waals surface area contributed by atoms with Gasteiger partial charge in [0.2, 0.25) is 0 Å². The van der Waals surface area contributed by atoms with Crippen molar-refractivity contribution in [3.05, 3.63) is 15.9 Å². The van der Waals surface area contributed by atoms with Crippen LogP contribution in [0.15, 0.2) is 4.47 Å². The summed E-state index contributed by atoms with van der Waals surface area (Å²) in [6, 6.07) is 0. The summed E-state index contributed by atoms with van der Waals surface area (Å²) in [5, 5.41) is 8.30. The lowest BCUT2D eigenvalue weighted by Crippen LogP contribution is -2.43. The van der Waals surface area contributed by atoms with E-state index < -0.39 is 0 Å². The molecule has 0 unspecified atom stereocenters. The number of aryl methyl sites for hydroxylation is 2. The van der Waals surface area contributed by atoms with Crippen LogP contribution in [0.2, 0.25) is 0 Å². The Bertz CT molecular complexity index is 405. The van der Waals surface area contributed by atoms with Crippen molar-refractivity contribution in [2.75, 3.05) is 0 Å². The monoisotopic (exact) mass is 313 g/mol.